The molecule has 0 atom stereocenters. The number of carbonyl (C=O) groups excluding carboxylic acids is 2. The maximum atomic E-state index is 13.1. The summed E-state index contributed by atoms with van der Waals surface area (Å²) in [5.74, 6) is -2.43. The first-order valence-corrected chi connectivity index (χ1v) is 7.66. The molecule has 0 fully saturated rings. The second kappa shape index (κ2) is 8.05. The Balaban J connectivity index is 2.42. The predicted octanol–water partition coefficient (Wildman–Crippen LogP) is 1.94. The van der Waals surface area contributed by atoms with Crippen molar-refractivity contribution in [1.29, 1.82) is 0 Å². The molecule has 0 aromatic heterocycles. The number of rotatable bonds is 7. The molecule has 23 heavy (non-hydrogen) atoms. The first kappa shape index (κ1) is 19.1. The first-order chi connectivity index (χ1) is 10.6. The second-order valence-electron chi connectivity index (χ2n) is 5.60. The average molecular weight is 389 g/mol. The number of carboxylic acids is 1. The van der Waals surface area contributed by atoms with Gasteiger partial charge in [0.1, 0.15) is 5.82 Å². The fourth-order valence-electron chi connectivity index (χ4n) is 1.54. The van der Waals surface area contributed by atoms with Crippen molar-refractivity contribution >= 4 is 33.7 Å². The number of carboxylic acid groups (broad SMARTS) is 1. The van der Waals surface area contributed by atoms with Gasteiger partial charge in [-0.15, -0.1) is 0 Å². The molecule has 0 unspecified atom stereocenters. The SMILES string of the molecule is CC(C)(CNC(=O)CCNC(=O)c1cc(F)ccc1Br)C(=O)O. The lowest BCUT2D eigenvalue weighted by Crippen LogP contribution is -2.40. The van der Waals surface area contributed by atoms with Crippen molar-refractivity contribution in [2.75, 3.05) is 13.1 Å². The minimum Gasteiger partial charge on any atom is -0.481 e. The zero-order chi connectivity index (χ0) is 17.6. The molecule has 6 nitrogen and oxygen atoms in total. The van der Waals surface area contributed by atoms with E-state index >= 15 is 0 Å². The van der Waals surface area contributed by atoms with Crippen LogP contribution in [0.15, 0.2) is 22.7 Å². The summed E-state index contributed by atoms with van der Waals surface area (Å²) >= 11 is 3.15. The average Bonchev–Trinajstić information content (AvgIpc) is 2.47. The number of benzene rings is 1. The molecular weight excluding hydrogens is 371 g/mol. The monoisotopic (exact) mass is 388 g/mol. The molecule has 0 spiro atoms. The molecule has 0 radical (unpaired) electrons. The number of nitrogens with one attached hydrogen (secondary N) is 2. The lowest BCUT2D eigenvalue weighted by molar-refractivity contribution is -0.146. The summed E-state index contributed by atoms with van der Waals surface area (Å²) in [5, 5.41) is 13.9. The number of halogens is 2. The van der Waals surface area contributed by atoms with Gasteiger partial charge < -0.3 is 15.7 Å². The van der Waals surface area contributed by atoms with Crippen LogP contribution < -0.4 is 10.6 Å². The number of carbonyl (C=O) groups is 3. The maximum absolute atomic E-state index is 13.1. The Bertz CT molecular complexity index is 619. The Labute approximate surface area is 141 Å². The van der Waals surface area contributed by atoms with Crippen molar-refractivity contribution in [3.63, 3.8) is 0 Å². The normalized spacial score (nSPS) is 11.0. The Morgan fingerprint density at radius 2 is 1.91 bits per heavy atom. The van der Waals surface area contributed by atoms with Crippen LogP contribution >= 0.6 is 15.9 Å². The van der Waals surface area contributed by atoms with Crippen LogP contribution in [0, 0.1) is 11.2 Å². The summed E-state index contributed by atoms with van der Waals surface area (Å²) < 4.78 is 13.6. The summed E-state index contributed by atoms with van der Waals surface area (Å²) in [6, 6.07) is 3.73. The summed E-state index contributed by atoms with van der Waals surface area (Å²) in [4.78, 5) is 34.4. The minimum absolute atomic E-state index is 0.00558. The first-order valence-electron chi connectivity index (χ1n) is 6.87. The van der Waals surface area contributed by atoms with Gasteiger partial charge in [-0.2, -0.15) is 0 Å². The molecule has 2 amide bonds. The van der Waals surface area contributed by atoms with Crippen LogP contribution in [0.1, 0.15) is 30.6 Å². The van der Waals surface area contributed by atoms with Crippen LogP contribution in [-0.4, -0.2) is 36.0 Å². The van der Waals surface area contributed by atoms with Crippen molar-refractivity contribution in [2.24, 2.45) is 5.41 Å². The zero-order valence-electron chi connectivity index (χ0n) is 12.8. The van der Waals surface area contributed by atoms with Crippen molar-refractivity contribution in [2.45, 2.75) is 20.3 Å². The highest BCUT2D eigenvalue weighted by Gasteiger charge is 2.27. The summed E-state index contributed by atoms with van der Waals surface area (Å²) in [5.41, 5.74) is -0.928. The summed E-state index contributed by atoms with van der Waals surface area (Å²) in [6.45, 7) is 3.05. The Morgan fingerprint density at radius 1 is 1.26 bits per heavy atom. The number of aliphatic carboxylic acids is 1. The topological polar surface area (TPSA) is 95.5 Å². The van der Waals surface area contributed by atoms with Gasteiger partial charge in [0.25, 0.3) is 5.91 Å². The third-order valence-corrected chi connectivity index (χ3v) is 3.81. The number of amides is 2. The van der Waals surface area contributed by atoms with Crippen LogP contribution in [-0.2, 0) is 9.59 Å². The molecule has 0 heterocycles. The van der Waals surface area contributed by atoms with Crippen molar-refractivity contribution in [3.05, 3.63) is 34.1 Å². The minimum atomic E-state index is -1.06. The van der Waals surface area contributed by atoms with E-state index in [0.29, 0.717) is 4.47 Å². The van der Waals surface area contributed by atoms with Crippen LogP contribution in [0.2, 0.25) is 0 Å². The highest BCUT2D eigenvalue weighted by Crippen LogP contribution is 2.17. The fourth-order valence-corrected chi connectivity index (χ4v) is 1.97. The molecule has 0 saturated carbocycles. The largest absolute Gasteiger partial charge is 0.481 e. The molecule has 1 aromatic carbocycles. The maximum Gasteiger partial charge on any atom is 0.310 e. The van der Waals surface area contributed by atoms with Gasteiger partial charge in [-0.1, -0.05) is 0 Å². The van der Waals surface area contributed by atoms with Gasteiger partial charge in [-0.25, -0.2) is 4.39 Å². The molecule has 1 rings (SSSR count). The van der Waals surface area contributed by atoms with Gasteiger partial charge >= 0.3 is 5.97 Å². The van der Waals surface area contributed by atoms with Crippen molar-refractivity contribution in [1.82, 2.24) is 10.6 Å². The summed E-state index contributed by atoms with van der Waals surface area (Å²) in [6.07, 6.45) is -0.00558. The molecule has 126 valence electrons. The lowest BCUT2D eigenvalue weighted by atomic mass is 9.94. The zero-order valence-corrected chi connectivity index (χ0v) is 14.4. The van der Waals surface area contributed by atoms with Crippen LogP contribution in [0.5, 0.6) is 0 Å². The molecule has 0 aliphatic carbocycles. The third kappa shape index (κ3) is 5.97. The van der Waals surface area contributed by atoms with E-state index in [0.717, 1.165) is 6.07 Å². The molecule has 3 N–H and O–H groups in total. The van der Waals surface area contributed by atoms with Crippen LogP contribution in [0.3, 0.4) is 0 Å². The van der Waals surface area contributed by atoms with E-state index in [-0.39, 0.29) is 31.0 Å². The third-order valence-electron chi connectivity index (χ3n) is 3.12. The second-order valence-corrected chi connectivity index (χ2v) is 6.45. The van der Waals surface area contributed by atoms with Crippen molar-refractivity contribution < 1.29 is 23.9 Å². The van der Waals surface area contributed by atoms with E-state index in [1.165, 1.54) is 26.0 Å². The molecule has 1 aromatic rings. The quantitative estimate of drug-likeness (QED) is 0.664. The molecule has 0 bridgehead atoms. The van der Waals surface area contributed by atoms with Gasteiger partial charge in [0, 0.05) is 24.0 Å². The van der Waals surface area contributed by atoms with E-state index in [4.69, 9.17) is 5.11 Å². The predicted molar refractivity (Wildman–Crippen MR) is 85.5 cm³/mol. The lowest BCUT2D eigenvalue weighted by Gasteiger charge is -2.19. The Hall–Kier alpha value is -1.96. The number of hydrogen-bond donors (Lipinski definition) is 3. The molecule has 0 aliphatic rings. The van der Waals surface area contributed by atoms with Gasteiger partial charge in [0.2, 0.25) is 5.91 Å². The highest BCUT2D eigenvalue weighted by atomic mass is 79.9. The van der Waals surface area contributed by atoms with Gasteiger partial charge in [-0.05, 0) is 48.0 Å². The van der Waals surface area contributed by atoms with Crippen LogP contribution in [0.4, 0.5) is 4.39 Å². The van der Waals surface area contributed by atoms with E-state index in [1.54, 1.807) is 0 Å². The van der Waals surface area contributed by atoms with Gasteiger partial charge in [-0.3, -0.25) is 14.4 Å². The van der Waals surface area contributed by atoms with E-state index in [1.807, 2.05) is 0 Å². The molecular formula is C15H18BrFN2O4. The Morgan fingerprint density at radius 3 is 2.52 bits per heavy atom. The van der Waals surface area contributed by atoms with E-state index in [2.05, 4.69) is 26.6 Å². The van der Waals surface area contributed by atoms with Gasteiger partial charge in [0.05, 0.1) is 11.0 Å². The molecule has 8 heteroatoms. The number of hydrogen-bond acceptors (Lipinski definition) is 3. The fraction of sp³-hybridized carbons (Fsp3) is 0.400. The standard InChI is InChI=1S/C15H18BrFN2O4/c1-15(2,14(22)23)8-19-12(20)5-6-18-13(21)10-7-9(17)3-4-11(10)16/h3-4,7H,5-6,8H2,1-2H3,(H,18,21)(H,19,20)(H,22,23). The van der Waals surface area contributed by atoms with Crippen molar-refractivity contribution in [3.8, 4) is 0 Å². The van der Waals surface area contributed by atoms with E-state index < -0.39 is 23.1 Å². The molecule has 0 saturated heterocycles. The summed E-state index contributed by atoms with van der Waals surface area (Å²) in [7, 11) is 0. The highest BCUT2D eigenvalue weighted by molar-refractivity contribution is 9.10. The van der Waals surface area contributed by atoms with Crippen LogP contribution in [0.25, 0.3) is 0 Å². The van der Waals surface area contributed by atoms with Gasteiger partial charge in [0.15, 0.2) is 0 Å². The Kier molecular flexibility index (Phi) is 6.68. The van der Waals surface area contributed by atoms with E-state index in [9.17, 15) is 18.8 Å². The molecule has 0 aliphatic heterocycles. The smallest absolute Gasteiger partial charge is 0.310 e.